The zero-order valence-corrected chi connectivity index (χ0v) is 16.2. The highest BCUT2D eigenvalue weighted by Crippen LogP contribution is 2.15. The van der Waals surface area contributed by atoms with E-state index in [1.54, 1.807) is 24.3 Å². The molecule has 146 valence electrons. The van der Waals surface area contributed by atoms with Gasteiger partial charge in [0.25, 0.3) is 11.8 Å². The first-order valence-corrected chi connectivity index (χ1v) is 9.71. The minimum Gasteiger partial charge on any atom is -0.339 e. The Balaban J connectivity index is 1.56. The molecule has 1 fully saturated rings. The number of hydrogen-bond acceptors (Lipinski definition) is 3. The number of benzene rings is 2. The van der Waals surface area contributed by atoms with Gasteiger partial charge in [-0.15, -0.1) is 0 Å². The average Bonchev–Trinajstić information content (AvgIpc) is 2.98. The highest BCUT2D eigenvalue weighted by atomic mass is 32.1. The zero-order valence-electron chi connectivity index (χ0n) is 15.4. The summed E-state index contributed by atoms with van der Waals surface area (Å²) in [4.78, 5) is 26.6. The van der Waals surface area contributed by atoms with Crippen molar-refractivity contribution in [2.45, 2.75) is 25.7 Å². The molecule has 0 atom stereocenters. The minimum absolute atomic E-state index is 0.0423. The van der Waals surface area contributed by atoms with Gasteiger partial charge in [0.05, 0.1) is 0 Å². The zero-order chi connectivity index (χ0) is 19.9. The number of amides is 2. The first-order valence-electron chi connectivity index (χ1n) is 9.30. The van der Waals surface area contributed by atoms with Gasteiger partial charge >= 0.3 is 0 Å². The molecule has 0 unspecified atom stereocenters. The number of carbonyl (C=O) groups excluding carboxylic acids is 2. The van der Waals surface area contributed by atoms with Crippen LogP contribution in [0.15, 0.2) is 48.5 Å². The molecule has 1 heterocycles. The van der Waals surface area contributed by atoms with Crippen LogP contribution < -0.4 is 10.6 Å². The lowest BCUT2D eigenvalue weighted by Crippen LogP contribution is -2.34. The summed E-state index contributed by atoms with van der Waals surface area (Å²) in [5.74, 6) is -0.793. The predicted octanol–water partition coefficient (Wildman–Crippen LogP) is 3.97. The second-order valence-electron chi connectivity index (χ2n) is 6.70. The van der Waals surface area contributed by atoms with Crippen molar-refractivity contribution in [2.75, 3.05) is 18.4 Å². The van der Waals surface area contributed by atoms with Crippen LogP contribution in [0, 0.1) is 5.82 Å². The van der Waals surface area contributed by atoms with Crippen molar-refractivity contribution >= 4 is 34.8 Å². The number of thiocarbonyl (C=S) groups is 1. The first kappa shape index (κ1) is 19.9. The third kappa shape index (κ3) is 5.36. The molecule has 1 aliphatic rings. The van der Waals surface area contributed by atoms with Gasteiger partial charge in [-0.1, -0.05) is 12.8 Å². The number of carbonyl (C=O) groups is 2. The Morgan fingerprint density at radius 3 is 2.04 bits per heavy atom. The summed E-state index contributed by atoms with van der Waals surface area (Å²) in [5.41, 5.74) is 1.61. The lowest BCUT2D eigenvalue weighted by atomic mass is 10.1. The highest BCUT2D eigenvalue weighted by Gasteiger charge is 2.17. The van der Waals surface area contributed by atoms with E-state index in [-0.39, 0.29) is 11.0 Å². The molecule has 3 rings (SSSR count). The quantitative estimate of drug-likeness (QED) is 0.767. The second kappa shape index (κ2) is 9.41. The molecule has 0 radical (unpaired) electrons. The smallest absolute Gasteiger partial charge is 0.257 e. The molecule has 0 saturated carbocycles. The predicted molar refractivity (Wildman–Crippen MR) is 111 cm³/mol. The number of hydrogen-bond donors (Lipinski definition) is 2. The van der Waals surface area contributed by atoms with Crippen molar-refractivity contribution < 1.29 is 14.0 Å². The molecular weight excluding hydrogens is 377 g/mol. The maximum absolute atomic E-state index is 12.9. The van der Waals surface area contributed by atoms with Gasteiger partial charge in [0.15, 0.2) is 5.11 Å². The number of likely N-dealkylation sites (tertiary alicyclic amines) is 1. The van der Waals surface area contributed by atoms with Crippen LogP contribution in [0.2, 0.25) is 0 Å². The number of halogens is 1. The maximum Gasteiger partial charge on any atom is 0.257 e. The fourth-order valence-electron chi connectivity index (χ4n) is 3.09. The summed E-state index contributed by atoms with van der Waals surface area (Å²) < 4.78 is 12.9. The normalized spacial score (nSPS) is 14.1. The van der Waals surface area contributed by atoms with E-state index in [0.717, 1.165) is 25.9 Å². The van der Waals surface area contributed by atoms with Crippen molar-refractivity contribution in [1.29, 1.82) is 0 Å². The van der Waals surface area contributed by atoms with Crippen LogP contribution in [-0.2, 0) is 0 Å². The summed E-state index contributed by atoms with van der Waals surface area (Å²) >= 11 is 5.15. The lowest BCUT2D eigenvalue weighted by Gasteiger charge is -2.20. The molecule has 2 N–H and O–H groups in total. The van der Waals surface area contributed by atoms with Crippen molar-refractivity contribution in [1.82, 2.24) is 10.2 Å². The van der Waals surface area contributed by atoms with E-state index in [1.165, 1.54) is 37.1 Å². The number of nitrogens with zero attached hydrogens (tertiary/aromatic N) is 1. The van der Waals surface area contributed by atoms with E-state index in [1.807, 2.05) is 4.90 Å². The summed E-state index contributed by atoms with van der Waals surface area (Å²) in [7, 11) is 0. The van der Waals surface area contributed by atoms with Gasteiger partial charge in [-0.05, 0) is 73.6 Å². The van der Waals surface area contributed by atoms with Crippen LogP contribution in [0.3, 0.4) is 0 Å². The fourth-order valence-corrected chi connectivity index (χ4v) is 3.30. The molecule has 5 nitrogen and oxygen atoms in total. The van der Waals surface area contributed by atoms with Crippen LogP contribution >= 0.6 is 12.2 Å². The third-order valence-corrected chi connectivity index (χ3v) is 4.82. The van der Waals surface area contributed by atoms with Crippen molar-refractivity contribution in [3.8, 4) is 0 Å². The molecule has 0 spiro atoms. The van der Waals surface area contributed by atoms with Gasteiger partial charge in [-0.25, -0.2) is 4.39 Å². The molecular formula is C21H22FN3O2S. The molecule has 2 amide bonds. The van der Waals surface area contributed by atoms with Crippen molar-refractivity contribution in [3.63, 3.8) is 0 Å². The van der Waals surface area contributed by atoms with Crippen LogP contribution in [0.25, 0.3) is 0 Å². The summed E-state index contributed by atoms with van der Waals surface area (Å²) in [6, 6.07) is 12.2. The van der Waals surface area contributed by atoms with Gasteiger partial charge in [-0.3, -0.25) is 14.9 Å². The fraction of sp³-hybridized carbons (Fsp3) is 0.286. The van der Waals surface area contributed by atoms with Gasteiger partial charge in [-0.2, -0.15) is 0 Å². The standard InChI is InChI=1S/C21H22FN3O2S/c22-17-9-5-15(6-10-17)19(26)24-21(28)23-18-11-7-16(8-12-18)20(27)25-13-3-1-2-4-14-25/h5-12H,1-4,13-14H2,(H2,23,24,26,28). The average molecular weight is 399 g/mol. The van der Waals surface area contributed by atoms with Crippen LogP contribution in [0.1, 0.15) is 46.4 Å². The van der Waals surface area contributed by atoms with Crippen LogP contribution in [-0.4, -0.2) is 34.9 Å². The van der Waals surface area contributed by atoms with Gasteiger partial charge in [0.1, 0.15) is 5.82 Å². The second-order valence-corrected chi connectivity index (χ2v) is 7.11. The molecule has 2 aromatic rings. The molecule has 1 aliphatic heterocycles. The molecule has 1 saturated heterocycles. The Labute approximate surface area is 168 Å². The van der Waals surface area contributed by atoms with E-state index >= 15 is 0 Å². The molecule has 0 aromatic heterocycles. The van der Waals surface area contributed by atoms with Crippen LogP contribution in [0.5, 0.6) is 0 Å². The Morgan fingerprint density at radius 2 is 1.43 bits per heavy atom. The van der Waals surface area contributed by atoms with Crippen molar-refractivity contribution in [2.24, 2.45) is 0 Å². The van der Waals surface area contributed by atoms with Gasteiger partial charge in [0, 0.05) is 29.9 Å². The third-order valence-electron chi connectivity index (χ3n) is 4.62. The first-order chi connectivity index (χ1) is 13.5. The van der Waals surface area contributed by atoms with Crippen LogP contribution in [0.4, 0.5) is 10.1 Å². The van der Waals surface area contributed by atoms with E-state index in [4.69, 9.17) is 12.2 Å². The minimum atomic E-state index is -0.425. The Hall–Kier alpha value is -2.80. The molecule has 7 heteroatoms. The monoisotopic (exact) mass is 399 g/mol. The van der Waals surface area contributed by atoms with Gasteiger partial charge < -0.3 is 10.2 Å². The topological polar surface area (TPSA) is 61.4 Å². The molecule has 0 bridgehead atoms. The number of nitrogens with one attached hydrogen (secondary N) is 2. The molecule has 0 aliphatic carbocycles. The Bertz CT molecular complexity index is 845. The highest BCUT2D eigenvalue weighted by molar-refractivity contribution is 7.80. The maximum atomic E-state index is 12.9. The molecule has 2 aromatic carbocycles. The van der Waals surface area contributed by atoms with E-state index in [9.17, 15) is 14.0 Å². The summed E-state index contributed by atoms with van der Waals surface area (Å²) in [6.45, 7) is 1.61. The Kier molecular flexibility index (Phi) is 6.71. The van der Waals surface area contributed by atoms with Gasteiger partial charge in [0.2, 0.25) is 0 Å². The Morgan fingerprint density at radius 1 is 0.857 bits per heavy atom. The SMILES string of the molecule is O=C(NC(=S)Nc1ccc(C(=O)N2CCCCCC2)cc1)c1ccc(F)cc1. The molecule has 28 heavy (non-hydrogen) atoms. The summed E-state index contributed by atoms with van der Waals surface area (Å²) in [6.07, 6.45) is 4.45. The number of anilines is 1. The van der Waals surface area contributed by atoms with E-state index < -0.39 is 11.7 Å². The largest absolute Gasteiger partial charge is 0.339 e. The van der Waals surface area contributed by atoms with E-state index in [0.29, 0.717) is 16.8 Å². The van der Waals surface area contributed by atoms with Crippen molar-refractivity contribution in [3.05, 3.63) is 65.5 Å². The van der Waals surface area contributed by atoms with E-state index in [2.05, 4.69) is 10.6 Å². The lowest BCUT2D eigenvalue weighted by molar-refractivity contribution is 0.0761. The number of rotatable bonds is 3. The summed E-state index contributed by atoms with van der Waals surface area (Å²) in [5, 5.41) is 5.58.